The SMILES string of the molecule is C[C@H](NC(=O)c1cc(C(F)(F)F)cc(S(C)(=O)=O)c1)c1nc(Br)nn1-c1ncccn1. The number of nitrogens with zero attached hydrogens (tertiary/aromatic N) is 5. The first-order chi connectivity index (χ1) is 14.4. The number of carbonyl (C=O) groups excluding carboxylic acids is 1. The maximum atomic E-state index is 13.2. The molecular formula is C17H14BrF3N6O3S. The molecule has 0 aliphatic carbocycles. The smallest absolute Gasteiger partial charge is 0.342 e. The van der Waals surface area contributed by atoms with E-state index < -0.39 is 44.0 Å². The van der Waals surface area contributed by atoms with Crippen molar-refractivity contribution < 1.29 is 26.4 Å². The molecule has 0 radical (unpaired) electrons. The van der Waals surface area contributed by atoms with Crippen molar-refractivity contribution in [3.05, 3.63) is 58.3 Å². The molecule has 1 aromatic carbocycles. The van der Waals surface area contributed by atoms with E-state index in [-0.39, 0.29) is 16.5 Å². The fourth-order valence-electron chi connectivity index (χ4n) is 2.58. The molecule has 31 heavy (non-hydrogen) atoms. The van der Waals surface area contributed by atoms with Crippen LogP contribution in [0.1, 0.15) is 34.7 Å². The van der Waals surface area contributed by atoms with Crippen molar-refractivity contribution in [3.63, 3.8) is 0 Å². The van der Waals surface area contributed by atoms with Crippen LogP contribution in [0.3, 0.4) is 0 Å². The van der Waals surface area contributed by atoms with Crippen LogP contribution in [0, 0.1) is 0 Å². The summed E-state index contributed by atoms with van der Waals surface area (Å²) in [6, 6.07) is 2.69. The summed E-state index contributed by atoms with van der Waals surface area (Å²) >= 11 is 3.12. The lowest BCUT2D eigenvalue weighted by Crippen LogP contribution is -2.29. The van der Waals surface area contributed by atoms with Gasteiger partial charge in [-0.3, -0.25) is 4.79 Å². The Hall–Kier alpha value is -2.87. The van der Waals surface area contributed by atoms with Gasteiger partial charge in [0.15, 0.2) is 15.7 Å². The van der Waals surface area contributed by atoms with Gasteiger partial charge in [0.1, 0.15) is 0 Å². The van der Waals surface area contributed by atoms with E-state index in [1.54, 1.807) is 6.07 Å². The Morgan fingerprint density at radius 1 is 1.19 bits per heavy atom. The molecule has 0 unspecified atom stereocenters. The minimum absolute atomic E-state index is 0.162. The summed E-state index contributed by atoms with van der Waals surface area (Å²) in [5, 5.41) is 6.59. The Balaban J connectivity index is 1.96. The molecule has 9 nitrogen and oxygen atoms in total. The van der Waals surface area contributed by atoms with Gasteiger partial charge in [0.05, 0.1) is 16.5 Å². The van der Waals surface area contributed by atoms with Crippen molar-refractivity contribution >= 4 is 31.7 Å². The number of rotatable bonds is 5. The highest BCUT2D eigenvalue weighted by Crippen LogP contribution is 2.32. The van der Waals surface area contributed by atoms with Crippen molar-refractivity contribution in [1.29, 1.82) is 0 Å². The third-order valence-corrected chi connectivity index (χ3v) is 5.43. The first-order valence-electron chi connectivity index (χ1n) is 8.49. The van der Waals surface area contributed by atoms with E-state index in [4.69, 9.17) is 0 Å². The van der Waals surface area contributed by atoms with E-state index in [1.165, 1.54) is 24.0 Å². The summed E-state index contributed by atoms with van der Waals surface area (Å²) in [5.74, 6) is -0.569. The molecule has 2 heterocycles. The van der Waals surface area contributed by atoms with Gasteiger partial charge in [-0.25, -0.2) is 23.4 Å². The lowest BCUT2D eigenvalue weighted by molar-refractivity contribution is -0.137. The molecule has 0 aliphatic rings. The van der Waals surface area contributed by atoms with E-state index in [2.05, 4.69) is 41.3 Å². The number of hydrogen-bond acceptors (Lipinski definition) is 7. The number of hydrogen-bond donors (Lipinski definition) is 1. The topological polar surface area (TPSA) is 120 Å². The Bertz CT molecular complexity index is 1230. The second-order valence-corrected chi connectivity index (χ2v) is 9.14. The van der Waals surface area contributed by atoms with Crippen LogP contribution in [0.15, 0.2) is 46.3 Å². The number of amides is 1. The lowest BCUT2D eigenvalue weighted by Gasteiger charge is -2.15. The third kappa shape index (κ3) is 5.25. The van der Waals surface area contributed by atoms with Crippen molar-refractivity contribution in [2.75, 3.05) is 6.26 Å². The van der Waals surface area contributed by atoms with Crippen molar-refractivity contribution in [1.82, 2.24) is 30.0 Å². The minimum atomic E-state index is -4.84. The predicted molar refractivity (Wildman–Crippen MR) is 105 cm³/mol. The largest absolute Gasteiger partial charge is 0.416 e. The van der Waals surface area contributed by atoms with E-state index in [0.717, 1.165) is 12.3 Å². The van der Waals surface area contributed by atoms with Crippen LogP contribution in [0.2, 0.25) is 0 Å². The van der Waals surface area contributed by atoms with E-state index in [1.807, 2.05) is 0 Å². The Morgan fingerprint density at radius 2 is 1.84 bits per heavy atom. The molecule has 0 spiro atoms. The number of carbonyl (C=O) groups is 1. The lowest BCUT2D eigenvalue weighted by atomic mass is 10.1. The van der Waals surface area contributed by atoms with Crippen LogP contribution in [0.25, 0.3) is 5.95 Å². The summed E-state index contributed by atoms with van der Waals surface area (Å²) in [6.07, 6.45) is -1.13. The summed E-state index contributed by atoms with van der Waals surface area (Å²) in [6.45, 7) is 1.53. The zero-order valence-electron chi connectivity index (χ0n) is 15.9. The van der Waals surface area contributed by atoms with Gasteiger partial charge < -0.3 is 5.32 Å². The monoisotopic (exact) mass is 518 g/mol. The molecule has 0 saturated heterocycles. The Morgan fingerprint density at radius 3 is 2.42 bits per heavy atom. The average molecular weight is 519 g/mol. The molecule has 164 valence electrons. The summed E-state index contributed by atoms with van der Waals surface area (Å²) < 4.78 is 64.6. The van der Waals surface area contributed by atoms with E-state index in [0.29, 0.717) is 12.1 Å². The molecule has 3 aromatic rings. The van der Waals surface area contributed by atoms with Crippen LogP contribution in [0.4, 0.5) is 13.2 Å². The average Bonchev–Trinajstić information content (AvgIpc) is 3.09. The molecule has 0 fully saturated rings. The molecule has 0 aliphatic heterocycles. The van der Waals surface area contributed by atoms with Gasteiger partial charge in [-0.05, 0) is 47.1 Å². The molecular weight excluding hydrogens is 505 g/mol. The maximum absolute atomic E-state index is 13.2. The molecule has 1 amide bonds. The number of benzene rings is 1. The predicted octanol–water partition coefficient (Wildman–Crippen LogP) is 2.73. The highest BCUT2D eigenvalue weighted by molar-refractivity contribution is 9.10. The quantitative estimate of drug-likeness (QED) is 0.551. The van der Waals surface area contributed by atoms with Gasteiger partial charge in [-0.2, -0.15) is 17.9 Å². The van der Waals surface area contributed by atoms with Gasteiger partial charge in [-0.15, -0.1) is 5.10 Å². The number of alkyl halides is 3. The van der Waals surface area contributed by atoms with Gasteiger partial charge in [-0.1, -0.05) is 0 Å². The maximum Gasteiger partial charge on any atom is 0.416 e. The summed E-state index contributed by atoms with van der Waals surface area (Å²) in [5.41, 5.74) is -1.72. The fraction of sp³-hybridized carbons (Fsp3) is 0.235. The number of aromatic nitrogens is 5. The first-order valence-corrected chi connectivity index (χ1v) is 11.2. The normalized spacial score (nSPS) is 13.1. The first kappa shape index (κ1) is 22.8. The molecule has 1 N–H and O–H groups in total. The van der Waals surface area contributed by atoms with Crippen molar-refractivity contribution in [2.45, 2.75) is 24.0 Å². The second kappa shape index (κ2) is 8.34. The minimum Gasteiger partial charge on any atom is -0.342 e. The molecule has 2 aromatic heterocycles. The van der Waals surface area contributed by atoms with E-state index >= 15 is 0 Å². The molecule has 3 rings (SSSR count). The van der Waals surface area contributed by atoms with E-state index in [9.17, 15) is 26.4 Å². The van der Waals surface area contributed by atoms with Crippen LogP contribution < -0.4 is 5.32 Å². The van der Waals surface area contributed by atoms with Crippen LogP contribution in [0.5, 0.6) is 0 Å². The Kier molecular flexibility index (Phi) is 6.14. The highest BCUT2D eigenvalue weighted by Gasteiger charge is 2.33. The molecule has 0 saturated carbocycles. The number of nitrogens with one attached hydrogen (secondary N) is 1. The van der Waals surface area contributed by atoms with Gasteiger partial charge >= 0.3 is 6.18 Å². The van der Waals surface area contributed by atoms with Crippen LogP contribution in [-0.2, 0) is 16.0 Å². The fourth-order valence-corrected chi connectivity index (χ4v) is 3.60. The number of sulfone groups is 1. The van der Waals surface area contributed by atoms with Crippen LogP contribution >= 0.6 is 15.9 Å². The standard InChI is InChI=1S/C17H14BrF3N6O3S/c1-9(13-25-15(18)26-27(13)16-22-4-3-5-23-16)24-14(28)10-6-11(17(19,20)21)8-12(7-10)31(2,29)30/h3-9H,1-2H3,(H,24,28)/t9-/m0/s1. The third-order valence-electron chi connectivity index (χ3n) is 4.01. The van der Waals surface area contributed by atoms with Crippen molar-refractivity contribution in [2.24, 2.45) is 0 Å². The van der Waals surface area contributed by atoms with Gasteiger partial charge in [0, 0.05) is 24.2 Å². The van der Waals surface area contributed by atoms with Crippen LogP contribution in [-0.4, -0.2) is 45.3 Å². The van der Waals surface area contributed by atoms with Gasteiger partial charge in [0.2, 0.25) is 4.73 Å². The Labute approximate surface area is 182 Å². The molecule has 0 bridgehead atoms. The summed E-state index contributed by atoms with van der Waals surface area (Å²) in [4.78, 5) is 24.3. The zero-order valence-corrected chi connectivity index (χ0v) is 18.3. The molecule has 1 atom stereocenters. The van der Waals surface area contributed by atoms with Gasteiger partial charge in [0.25, 0.3) is 11.9 Å². The summed E-state index contributed by atoms with van der Waals surface area (Å²) in [7, 11) is -3.99. The molecule has 14 heteroatoms. The van der Waals surface area contributed by atoms with Crippen molar-refractivity contribution in [3.8, 4) is 5.95 Å². The number of halogens is 4. The second-order valence-electron chi connectivity index (χ2n) is 6.41. The highest BCUT2D eigenvalue weighted by atomic mass is 79.9. The zero-order chi connectivity index (χ0) is 23.0.